The van der Waals surface area contributed by atoms with Crippen molar-refractivity contribution in [2.45, 2.75) is 24.3 Å². The van der Waals surface area contributed by atoms with Crippen LogP contribution in [0.4, 0.5) is 5.69 Å². The molecule has 0 saturated carbocycles. The fourth-order valence-corrected chi connectivity index (χ4v) is 3.25. The second-order valence-electron chi connectivity index (χ2n) is 5.40. The zero-order valence-electron chi connectivity index (χ0n) is 14.3. The molecule has 9 heteroatoms. The van der Waals surface area contributed by atoms with E-state index in [-0.39, 0.29) is 17.4 Å². The lowest BCUT2D eigenvalue weighted by Gasteiger charge is -2.08. The molecule has 0 aliphatic rings. The van der Waals surface area contributed by atoms with Gasteiger partial charge in [0.2, 0.25) is 0 Å². The first-order valence-electron chi connectivity index (χ1n) is 7.68. The van der Waals surface area contributed by atoms with E-state index >= 15 is 0 Å². The van der Waals surface area contributed by atoms with E-state index in [1.807, 2.05) is 0 Å². The minimum absolute atomic E-state index is 0.0908. The third-order valence-electron chi connectivity index (χ3n) is 3.32. The van der Waals surface area contributed by atoms with Gasteiger partial charge >= 0.3 is 5.97 Å². The lowest BCUT2D eigenvalue weighted by Crippen LogP contribution is -2.14. The van der Waals surface area contributed by atoms with Crippen molar-refractivity contribution in [1.29, 1.82) is 0 Å². The predicted octanol–water partition coefficient (Wildman–Crippen LogP) is 2.57. The number of halogens is 1. The summed E-state index contributed by atoms with van der Waals surface area (Å²) in [6.07, 6.45) is 4.10. The van der Waals surface area contributed by atoms with Crippen LogP contribution in [0.5, 0.6) is 0 Å². The Morgan fingerprint density at radius 2 is 2.19 bits per heavy atom. The van der Waals surface area contributed by atoms with E-state index in [2.05, 4.69) is 26.3 Å². The summed E-state index contributed by atoms with van der Waals surface area (Å²) in [5, 5.41) is 0.344. The number of nitrogens with zero attached hydrogens (tertiary/aromatic N) is 2. The number of anilines is 1. The van der Waals surface area contributed by atoms with E-state index in [1.165, 1.54) is 19.6 Å². The Morgan fingerprint density at radius 1 is 1.42 bits per heavy atom. The first-order valence-corrected chi connectivity index (χ1v) is 9.54. The van der Waals surface area contributed by atoms with Crippen LogP contribution in [-0.2, 0) is 26.6 Å². The van der Waals surface area contributed by atoms with Crippen molar-refractivity contribution in [3.8, 4) is 11.8 Å². The predicted molar refractivity (Wildman–Crippen MR) is 98.2 cm³/mol. The first kappa shape index (κ1) is 19.8. The number of aryl methyl sites for hydroxylation is 1. The Morgan fingerprint density at radius 3 is 2.85 bits per heavy atom. The molecule has 0 fully saturated rings. The molecule has 1 heterocycles. The molecule has 0 aliphatic heterocycles. The number of imidazole rings is 1. The molecule has 7 nitrogen and oxygen atoms in total. The number of carbonyl (C=O) groups is 1. The quantitative estimate of drug-likeness (QED) is 0.461. The van der Waals surface area contributed by atoms with Gasteiger partial charge in [-0.2, -0.15) is 8.42 Å². The molecule has 1 N–H and O–H groups in total. The molecule has 0 spiro atoms. The van der Waals surface area contributed by atoms with Crippen LogP contribution in [0, 0.1) is 11.8 Å². The van der Waals surface area contributed by atoms with Gasteiger partial charge in [0, 0.05) is 31.1 Å². The zero-order valence-corrected chi connectivity index (χ0v) is 15.9. The van der Waals surface area contributed by atoms with Gasteiger partial charge in [-0.15, -0.1) is 0 Å². The number of nitrogens with one attached hydrogen (secondary N) is 1. The van der Waals surface area contributed by atoms with Gasteiger partial charge in [0.25, 0.3) is 10.0 Å². The molecule has 138 valence electrons. The maximum atomic E-state index is 12.4. The number of esters is 1. The van der Waals surface area contributed by atoms with Crippen LogP contribution in [0.25, 0.3) is 0 Å². The molecular weight excluding hydrogens is 378 g/mol. The monoisotopic (exact) mass is 395 g/mol. The number of unbranched alkanes of at least 4 members (excludes halogenated alkanes) is 1. The number of sulfonamides is 1. The number of rotatable bonds is 6. The lowest BCUT2D eigenvalue weighted by atomic mass is 10.1. The van der Waals surface area contributed by atoms with Crippen molar-refractivity contribution in [3.05, 3.63) is 41.3 Å². The molecule has 1 aromatic carbocycles. The molecule has 0 atom stereocenters. The van der Waals surface area contributed by atoms with Crippen LogP contribution in [0.15, 0.2) is 35.7 Å². The average Bonchev–Trinajstić information content (AvgIpc) is 3.04. The fourth-order valence-electron chi connectivity index (χ4n) is 2.01. The number of ether oxygens (including phenoxy) is 1. The highest BCUT2D eigenvalue weighted by molar-refractivity contribution is 7.92. The summed E-state index contributed by atoms with van der Waals surface area (Å²) in [5.74, 6) is 5.50. The number of methoxy groups -OCH3 is 1. The van der Waals surface area contributed by atoms with Gasteiger partial charge in [0.1, 0.15) is 0 Å². The SMILES string of the molecule is COC(=O)CCCC#Cc1cc(Cl)ccc1NS(=O)(=O)c1cn(C)cn1. The normalized spacial score (nSPS) is 10.7. The first-order chi connectivity index (χ1) is 12.3. The summed E-state index contributed by atoms with van der Waals surface area (Å²) in [6.45, 7) is 0. The topological polar surface area (TPSA) is 90.3 Å². The summed E-state index contributed by atoms with van der Waals surface area (Å²) >= 11 is 5.99. The Kier molecular flexibility index (Phi) is 6.66. The lowest BCUT2D eigenvalue weighted by molar-refractivity contribution is -0.140. The van der Waals surface area contributed by atoms with Crippen LogP contribution in [0.3, 0.4) is 0 Å². The van der Waals surface area contributed by atoms with Crippen LogP contribution in [0.1, 0.15) is 24.8 Å². The number of aromatic nitrogens is 2. The molecule has 0 radical (unpaired) electrons. The van der Waals surface area contributed by atoms with Crippen molar-refractivity contribution in [3.63, 3.8) is 0 Å². The highest BCUT2D eigenvalue weighted by atomic mass is 35.5. The average molecular weight is 396 g/mol. The fraction of sp³-hybridized carbons (Fsp3) is 0.294. The van der Waals surface area contributed by atoms with E-state index in [9.17, 15) is 13.2 Å². The van der Waals surface area contributed by atoms with E-state index < -0.39 is 10.0 Å². The van der Waals surface area contributed by atoms with Crippen LogP contribution in [-0.4, -0.2) is 31.0 Å². The largest absolute Gasteiger partial charge is 0.469 e. The van der Waals surface area contributed by atoms with Crippen molar-refractivity contribution in [2.24, 2.45) is 7.05 Å². The third-order valence-corrected chi connectivity index (χ3v) is 4.80. The second kappa shape index (κ2) is 8.74. The summed E-state index contributed by atoms with van der Waals surface area (Å²) in [7, 11) is -0.818. The zero-order chi connectivity index (χ0) is 19.2. The van der Waals surface area contributed by atoms with E-state index in [1.54, 1.807) is 29.8 Å². The minimum Gasteiger partial charge on any atom is -0.469 e. The van der Waals surface area contributed by atoms with Crippen molar-refractivity contribution in [1.82, 2.24) is 9.55 Å². The van der Waals surface area contributed by atoms with Crippen LogP contribution in [0.2, 0.25) is 5.02 Å². The van der Waals surface area contributed by atoms with Crippen LogP contribution < -0.4 is 4.72 Å². The van der Waals surface area contributed by atoms with Gasteiger partial charge in [-0.1, -0.05) is 23.4 Å². The Hall–Kier alpha value is -2.50. The highest BCUT2D eigenvalue weighted by Gasteiger charge is 2.18. The molecule has 0 bridgehead atoms. The Bertz CT molecular complexity index is 958. The molecule has 2 rings (SSSR count). The Balaban J connectivity index is 2.16. The van der Waals surface area contributed by atoms with Crippen molar-refractivity contribution >= 4 is 33.3 Å². The second-order valence-corrected chi connectivity index (χ2v) is 7.47. The molecule has 26 heavy (non-hydrogen) atoms. The number of hydrogen-bond acceptors (Lipinski definition) is 5. The Labute approximate surface area is 157 Å². The van der Waals surface area contributed by atoms with E-state index in [4.69, 9.17) is 11.6 Å². The maximum absolute atomic E-state index is 12.4. The molecule has 0 saturated heterocycles. The van der Waals surface area contributed by atoms with Crippen molar-refractivity contribution in [2.75, 3.05) is 11.8 Å². The number of hydrogen-bond donors (Lipinski definition) is 1. The summed E-state index contributed by atoms with van der Waals surface area (Å²) in [4.78, 5) is 14.9. The summed E-state index contributed by atoms with van der Waals surface area (Å²) in [6, 6.07) is 4.69. The third kappa shape index (κ3) is 5.51. The molecule has 0 amide bonds. The smallest absolute Gasteiger partial charge is 0.305 e. The standard InChI is InChI=1S/C17H18ClN3O4S/c1-21-11-16(19-12-21)26(23,24)20-15-9-8-14(18)10-13(15)6-4-3-5-7-17(22)25-2/h8-12,20H,3,5,7H2,1-2H3. The van der Waals surface area contributed by atoms with Gasteiger partial charge < -0.3 is 9.30 Å². The van der Waals surface area contributed by atoms with Gasteiger partial charge in [-0.05, 0) is 24.6 Å². The van der Waals surface area contributed by atoms with Gasteiger partial charge in [-0.3, -0.25) is 9.52 Å². The van der Waals surface area contributed by atoms with E-state index in [0.717, 1.165) is 0 Å². The molecule has 1 aromatic heterocycles. The number of carbonyl (C=O) groups excluding carboxylic acids is 1. The molecular formula is C17H18ClN3O4S. The molecule has 0 unspecified atom stereocenters. The maximum Gasteiger partial charge on any atom is 0.305 e. The van der Waals surface area contributed by atoms with Gasteiger partial charge in [0.15, 0.2) is 5.03 Å². The van der Waals surface area contributed by atoms with Gasteiger partial charge in [0.05, 0.1) is 24.7 Å². The number of benzene rings is 1. The van der Waals surface area contributed by atoms with E-state index in [0.29, 0.717) is 29.1 Å². The molecule has 2 aromatic rings. The van der Waals surface area contributed by atoms with Gasteiger partial charge in [-0.25, -0.2) is 4.98 Å². The summed E-state index contributed by atoms with van der Waals surface area (Å²) in [5.41, 5.74) is 0.746. The highest BCUT2D eigenvalue weighted by Crippen LogP contribution is 2.22. The molecule has 0 aliphatic carbocycles. The minimum atomic E-state index is -3.83. The summed E-state index contributed by atoms with van der Waals surface area (Å²) < 4.78 is 33.4. The van der Waals surface area contributed by atoms with Crippen molar-refractivity contribution < 1.29 is 17.9 Å². The van der Waals surface area contributed by atoms with Crippen LogP contribution >= 0.6 is 11.6 Å².